The summed E-state index contributed by atoms with van der Waals surface area (Å²) >= 11 is 7.55. The molecule has 4 nitrogen and oxygen atoms in total. The van der Waals surface area contributed by atoms with Gasteiger partial charge in [0.15, 0.2) is 5.69 Å². The Hall–Kier alpha value is -0.650. The molecule has 2 heterocycles. The van der Waals surface area contributed by atoms with Crippen LogP contribution < -0.4 is 0 Å². The molecule has 1 saturated carbocycles. The maximum atomic E-state index is 12.2. The molecule has 0 bridgehead atoms. The average molecular weight is 329 g/mol. The van der Waals surface area contributed by atoms with Crippen molar-refractivity contribution >= 4 is 29.1 Å². The standard InChI is InChI=1S/C15H21ClN2O2S/c16-18-8-6-11(7-9-18)14-17-13(10-21-14)15(19)20-12-4-2-1-3-5-12/h10-12H,1-9H2. The summed E-state index contributed by atoms with van der Waals surface area (Å²) in [4.78, 5) is 16.7. The molecule has 0 atom stereocenters. The van der Waals surface area contributed by atoms with E-state index in [0.29, 0.717) is 11.6 Å². The van der Waals surface area contributed by atoms with Crippen LogP contribution in [-0.4, -0.2) is 34.6 Å². The number of ether oxygens (including phenoxy) is 1. The van der Waals surface area contributed by atoms with Gasteiger partial charge in [-0.25, -0.2) is 14.2 Å². The second-order valence-electron chi connectivity index (χ2n) is 5.92. The van der Waals surface area contributed by atoms with E-state index in [4.69, 9.17) is 16.5 Å². The summed E-state index contributed by atoms with van der Waals surface area (Å²) in [6, 6.07) is 0. The summed E-state index contributed by atoms with van der Waals surface area (Å²) in [6.07, 6.45) is 7.69. The Kier molecular flexibility index (Phi) is 5.14. The minimum Gasteiger partial charge on any atom is -0.458 e. The largest absolute Gasteiger partial charge is 0.458 e. The third-order valence-electron chi connectivity index (χ3n) is 4.35. The van der Waals surface area contributed by atoms with Gasteiger partial charge in [0.1, 0.15) is 6.10 Å². The van der Waals surface area contributed by atoms with Gasteiger partial charge in [0.2, 0.25) is 0 Å². The Morgan fingerprint density at radius 1 is 1.24 bits per heavy atom. The monoisotopic (exact) mass is 328 g/mol. The molecule has 0 radical (unpaired) electrons. The Balaban J connectivity index is 1.57. The molecule has 0 unspecified atom stereocenters. The molecule has 1 aromatic rings. The van der Waals surface area contributed by atoms with Crippen molar-refractivity contribution < 1.29 is 9.53 Å². The summed E-state index contributed by atoms with van der Waals surface area (Å²) in [5, 5.41) is 2.89. The minimum absolute atomic E-state index is 0.0934. The van der Waals surface area contributed by atoms with Crippen molar-refractivity contribution in [2.75, 3.05) is 13.1 Å². The number of esters is 1. The molecule has 3 rings (SSSR count). The normalized spacial score (nSPS) is 22.3. The molecule has 0 spiro atoms. The maximum absolute atomic E-state index is 12.2. The van der Waals surface area contributed by atoms with Gasteiger partial charge in [0, 0.05) is 24.4 Å². The smallest absolute Gasteiger partial charge is 0.358 e. The molecule has 1 aliphatic carbocycles. The minimum atomic E-state index is -0.251. The van der Waals surface area contributed by atoms with Gasteiger partial charge >= 0.3 is 5.97 Å². The van der Waals surface area contributed by atoms with Crippen molar-refractivity contribution in [3.63, 3.8) is 0 Å². The molecule has 0 amide bonds. The highest BCUT2D eigenvalue weighted by Gasteiger charge is 2.25. The summed E-state index contributed by atoms with van der Waals surface area (Å²) < 4.78 is 7.39. The average Bonchev–Trinajstić information content (AvgIpc) is 2.99. The Bertz CT molecular complexity index is 480. The highest BCUT2D eigenvalue weighted by Crippen LogP contribution is 2.31. The second kappa shape index (κ2) is 7.07. The number of hydrogen-bond donors (Lipinski definition) is 0. The molecule has 2 aliphatic rings. The van der Waals surface area contributed by atoms with Gasteiger partial charge in [-0.05, 0) is 50.3 Å². The topological polar surface area (TPSA) is 42.4 Å². The zero-order valence-corrected chi connectivity index (χ0v) is 13.7. The first-order chi connectivity index (χ1) is 10.2. The lowest BCUT2D eigenvalue weighted by Crippen LogP contribution is -2.25. The van der Waals surface area contributed by atoms with E-state index in [1.165, 1.54) is 6.42 Å². The van der Waals surface area contributed by atoms with Crippen LogP contribution in [0.5, 0.6) is 0 Å². The van der Waals surface area contributed by atoms with E-state index in [0.717, 1.165) is 56.6 Å². The van der Waals surface area contributed by atoms with Gasteiger partial charge in [-0.1, -0.05) is 6.42 Å². The Morgan fingerprint density at radius 2 is 1.95 bits per heavy atom. The van der Waals surface area contributed by atoms with E-state index in [1.807, 2.05) is 9.80 Å². The van der Waals surface area contributed by atoms with Crippen LogP contribution in [0, 0.1) is 0 Å². The third kappa shape index (κ3) is 3.96. The predicted octanol–water partition coefficient (Wildman–Crippen LogP) is 3.97. The summed E-state index contributed by atoms with van der Waals surface area (Å²) in [6.45, 7) is 1.77. The van der Waals surface area contributed by atoms with Crippen LogP contribution in [0.15, 0.2) is 5.38 Å². The van der Waals surface area contributed by atoms with Crippen LogP contribution in [-0.2, 0) is 4.74 Å². The van der Waals surface area contributed by atoms with Crippen LogP contribution in [0.25, 0.3) is 0 Å². The van der Waals surface area contributed by atoms with Gasteiger partial charge < -0.3 is 4.74 Å². The molecule has 1 aliphatic heterocycles. The van der Waals surface area contributed by atoms with E-state index in [9.17, 15) is 4.79 Å². The molecule has 0 aromatic carbocycles. The number of piperidine rings is 1. The van der Waals surface area contributed by atoms with Crippen molar-refractivity contribution in [3.05, 3.63) is 16.1 Å². The quantitative estimate of drug-likeness (QED) is 0.622. The lowest BCUT2D eigenvalue weighted by Gasteiger charge is -2.25. The highest BCUT2D eigenvalue weighted by atomic mass is 35.5. The number of aromatic nitrogens is 1. The Morgan fingerprint density at radius 3 is 2.67 bits per heavy atom. The van der Waals surface area contributed by atoms with Crippen molar-refractivity contribution in [2.45, 2.75) is 57.0 Å². The molecule has 6 heteroatoms. The maximum Gasteiger partial charge on any atom is 0.358 e. The van der Waals surface area contributed by atoms with Crippen molar-refractivity contribution in [3.8, 4) is 0 Å². The molecule has 1 saturated heterocycles. The van der Waals surface area contributed by atoms with Crippen molar-refractivity contribution in [2.24, 2.45) is 0 Å². The molecule has 116 valence electrons. The van der Waals surface area contributed by atoms with E-state index in [1.54, 1.807) is 11.3 Å². The van der Waals surface area contributed by atoms with Gasteiger partial charge in [0.05, 0.1) is 5.01 Å². The number of carbonyl (C=O) groups excluding carboxylic acids is 1. The third-order valence-corrected chi connectivity index (χ3v) is 5.69. The van der Waals surface area contributed by atoms with Gasteiger partial charge in [-0.2, -0.15) is 0 Å². The molecule has 1 aromatic heterocycles. The first kappa shape index (κ1) is 15.3. The van der Waals surface area contributed by atoms with Gasteiger partial charge in [-0.15, -0.1) is 11.3 Å². The highest BCUT2D eigenvalue weighted by molar-refractivity contribution is 7.09. The van der Waals surface area contributed by atoms with E-state index in [-0.39, 0.29) is 12.1 Å². The lowest BCUT2D eigenvalue weighted by atomic mass is 9.98. The molecule has 21 heavy (non-hydrogen) atoms. The van der Waals surface area contributed by atoms with Crippen LogP contribution in [0.1, 0.15) is 66.4 Å². The first-order valence-corrected chi connectivity index (χ1v) is 9.01. The second-order valence-corrected chi connectivity index (χ2v) is 7.29. The number of thiazole rings is 1. The fraction of sp³-hybridized carbons (Fsp3) is 0.733. The predicted molar refractivity (Wildman–Crippen MR) is 83.8 cm³/mol. The van der Waals surface area contributed by atoms with Gasteiger partial charge in [0.25, 0.3) is 0 Å². The zero-order chi connectivity index (χ0) is 14.7. The van der Waals surface area contributed by atoms with Crippen LogP contribution >= 0.6 is 23.1 Å². The fourth-order valence-corrected chi connectivity index (χ4v) is 4.21. The summed E-state index contributed by atoms with van der Waals surface area (Å²) in [5.41, 5.74) is 0.480. The van der Waals surface area contributed by atoms with E-state index in [2.05, 4.69) is 4.98 Å². The van der Waals surface area contributed by atoms with E-state index >= 15 is 0 Å². The molecular weight excluding hydrogens is 308 g/mol. The number of carbonyl (C=O) groups is 1. The number of rotatable bonds is 3. The lowest BCUT2D eigenvalue weighted by molar-refractivity contribution is 0.0205. The van der Waals surface area contributed by atoms with Gasteiger partial charge in [-0.3, -0.25) is 0 Å². The van der Waals surface area contributed by atoms with Crippen molar-refractivity contribution in [1.82, 2.24) is 9.40 Å². The van der Waals surface area contributed by atoms with Crippen LogP contribution in [0.2, 0.25) is 0 Å². The number of halogens is 1. The SMILES string of the molecule is O=C(OC1CCCCC1)c1csc(C2CCN(Cl)CC2)n1. The number of hydrogen-bond acceptors (Lipinski definition) is 5. The van der Waals surface area contributed by atoms with Crippen LogP contribution in [0.4, 0.5) is 0 Å². The van der Waals surface area contributed by atoms with Crippen molar-refractivity contribution in [1.29, 1.82) is 0 Å². The molecular formula is C15H21ClN2O2S. The molecule has 0 N–H and O–H groups in total. The molecule has 2 fully saturated rings. The first-order valence-electron chi connectivity index (χ1n) is 7.79. The van der Waals surface area contributed by atoms with E-state index < -0.39 is 0 Å². The summed E-state index contributed by atoms with van der Waals surface area (Å²) in [5.74, 6) is 0.181. The summed E-state index contributed by atoms with van der Waals surface area (Å²) in [7, 11) is 0. The Labute approximate surface area is 134 Å². The van der Waals surface area contributed by atoms with Crippen LogP contribution in [0.3, 0.4) is 0 Å². The number of nitrogens with zero attached hydrogens (tertiary/aromatic N) is 2. The zero-order valence-electron chi connectivity index (χ0n) is 12.1. The fourth-order valence-electron chi connectivity index (χ4n) is 3.06.